The lowest BCUT2D eigenvalue weighted by Crippen LogP contribution is -2.32. The average Bonchev–Trinajstić information content (AvgIpc) is 1.82. The molecule has 9 heavy (non-hydrogen) atoms. The van der Waals surface area contributed by atoms with Crippen LogP contribution in [0.2, 0.25) is 0 Å². The first-order valence-electron chi connectivity index (χ1n) is 3.01. The zero-order valence-electron chi connectivity index (χ0n) is 5.85. The minimum Gasteiger partial charge on any atom is -0.396 e. The number of rotatable bonds is 4. The van der Waals surface area contributed by atoms with Gasteiger partial charge in [-0.2, -0.15) is 0 Å². The van der Waals surface area contributed by atoms with Crippen molar-refractivity contribution < 1.29 is 9.90 Å². The molecule has 0 fully saturated rings. The average molecular weight is 131 g/mol. The van der Waals surface area contributed by atoms with Crippen molar-refractivity contribution in [3.8, 4) is 0 Å². The lowest BCUT2D eigenvalue weighted by atomic mass is 10.1. The zero-order valence-corrected chi connectivity index (χ0v) is 5.85. The number of Topliss-reactive ketones (excluding diaryl/α,β-unsaturated/α-hetero) is 1. The van der Waals surface area contributed by atoms with Gasteiger partial charge >= 0.3 is 0 Å². The van der Waals surface area contributed by atoms with Gasteiger partial charge in [-0.3, -0.25) is 4.79 Å². The van der Waals surface area contributed by atoms with Gasteiger partial charge in [-0.1, -0.05) is 0 Å². The number of carbonyl (C=O) groups excluding carboxylic acids is 1. The second kappa shape index (κ2) is 4.47. The molecule has 0 aliphatic rings. The molecule has 3 heteroatoms. The fraction of sp³-hybridized carbons (Fsp3) is 0.833. The monoisotopic (exact) mass is 131 g/mol. The largest absolute Gasteiger partial charge is 0.396 e. The van der Waals surface area contributed by atoms with Crippen LogP contribution in [0.4, 0.5) is 0 Å². The predicted molar refractivity (Wildman–Crippen MR) is 35.2 cm³/mol. The minimum atomic E-state index is -0.171. The molecule has 1 atom stereocenters. The van der Waals surface area contributed by atoms with Crippen molar-refractivity contribution in [2.75, 3.05) is 13.7 Å². The molecule has 3 nitrogen and oxygen atoms in total. The lowest BCUT2D eigenvalue weighted by Gasteiger charge is -2.08. The van der Waals surface area contributed by atoms with Gasteiger partial charge in [0.1, 0.15) is 5.78 Å². The van der Waals surface area contributed by atoms with Crippen LogP contribution in [0, 0.1) is 0 Å². The molecular formula is C6H13NO2. The van der Waals surface area contributed by atoms with E-state index in [2.05, 4.69) is 5.32 Å². The number of likely N-dealkylation sites (N-methyl/N-ethyl adjacent to an activating group) is 1. The van der Waals surface area contributed by atoms with Crippen LogP contribution >= 0.6 is 0 Å². The first kappa shape index (κ1) is 8.59. The van der Waals surface area contributed by atoms with E-state index in [1.54, 1.807) is 7.05 Å². The molecule has 0 rings (SSSR count). The molecule has 0 bridgehead atoms. The molecule has 0 aliphatic heterocycles. The third-order valence-electron chi connectivity index (χ3n) is 1.26. The van der Waals surface area contributed by atoms with Gasteiger partial charge in [-0.15, -0.1) is 0 Å². The molecule has 0 saturated carbocycles. The molecule has 0 amide bonds. The summed E-state index contributed by atoms with van der Waals surface area (Å²) >= 11 is 0. The van der Waals surface area contributed by atoms with Crippen molar-refractivity contribution in [1.82, 2.24) is 5.32 Å². The Hall–Kier alpha value is -0.410. The van der Waals surface area contributed by atoms with Gasteiger partial charge in [-0.25, -0.2) is 0 Å². The first-order chi connectivity index (χ1) is 4.22. The first-order valence-corrected chi connectivity index (χ1v) is 3.01. The highest BCUT2D eigenvalue weighted by atomic mass is 16.3. The molecule has 0 aliphatic carbocycles. The second-order valence-electron chi connectivity index (χ2n) is 1.96. The van der Waals surface area contributed by atoms with Gasteiger partial charge in [0, 0.05) is 6.61 Å². The number of aliphatic hydroxyl groups excluding tert-OH is 1. The summed E-state index contributed by atoms with van der Waals surface area (Å²) in [6, 6.07) is -0.171. The zero-order chi connectivity index (χ0) is 7.28. The molecule has 54 valence electrons. The number of carbonyl (C=O) groups is 1. The van der Waals surface area contributed by atoms with Crippen LogP contribution in [0.25, 0.3) is 0 Å². The molecule has 0 radical (unpaired) electrons. The second-order valence-corrected chi connectivity index (χ2v) is 1.96. The summed E-state index contributed by atoms with van der Waals surface area (Å²) in [5.74, 6) is 0.0755. The minimum absolute atomic E-state index is 0.0606. The van der Waals surface area contributed by atoms with Crippen molar-refractivity contribution in [2.45, 2.75) is 19.4 Å². The van der Waals surface area contributed by atoms with Gasteiger partial charge in [0.05, 0.1) is 6.04 Å². The predicted octanol–water partition coefficient (Wildman–Crippen LogP) is -0.454. The molecule has 0 aromatic rings. The summed E-state index contributed by atoms with van der Waals surface area (Å²) in [5, 5.41) is 11.2. The Labute approximate surface area is 55.1 Å². The van der Waals surface area contributed by atoms with Crippen LogP contribution in [-0.2, 0) is 4.79 Å². The van der Waals surface area contributed by atoms with Gasteiger partial charge in [0.2, 0.25) is 0 Å². The van der Waals surface area contributed by atoms with Crippen molar-refractivity contribution in [1.29, 1.82) is 0 Å². The third kappa shape index (κ3) is 3.21. The topological polar surface area (TPSA) is 49.3 Å². The van der Waals surface area contributed by atoms with Gasteiger partial charge in [0.15, 0.2) is 0 Å². The summed E-state index contributed by atoms with van der Waals surface area (Å²) in [6.45, 7) is 1.57. The maximum absolute atomic E-state index is 10.6. The summed E-state index contributed by atoms with van der Waals surface area (Å²) in [4.78, 5) is 10.6. The third-order valence-corrected chi connectivity index (χ3v) is 1.26. The van der Waals surface area contributed by atoms with E-state index in [0.717, 1.165) is 0 Å². The molecule has 0 unspecified atom stereocenters. The Morgan fingerprint density at radius 3 is 2.44 bits per heavy atom. The van der Waals surface area contributed by atoms with Crippen LogP contribution in [-0.4, -0.2) is 30.6 Å². The molecule has 0 aromatic heterocycles. The Balaban J connectivity index is 3.54. The lowest BCUT2D eigenvalue weighted by molar-refractivity contribution is -0.119. The molecule has 0 saturated heterocycles. The van der Waals surface area contributed by atoms with Crippen molar-refractivity contribution in [3.05, 3.63) is 0 Å². The van der Waals surface area contributed by atoms with E-state index in [-0.39, 0.29) is 18.4 Å². The van der Waals surface area contributed by atoms with Gasteiger partial charge in [0.25, 0.3) is 0 Å². The van der Waals surface area contributed by atoms with Crippen LogP contribution in [0.1, 0.15) is 13.3 Å². The number of hydrogen-bond acceptors (Lipinski definition) is 3. The van der Waals surface area contributed by atoms with Crippen LogP contribution < -0.4 is 5.32 Å². The number of ketones is 1. The normalized spacial score (nSPS) is 13.2. The van der Waals surface area contributed by atoms with E-state index >= 15 is 0 Å². The van der Waals surface area contributed by atoms with Crippen LogP contribution in [0.15, 0.2) is 0 Å². The highest BCUT2D eigenvalue weighted by molar-refractivity contribution is 5.81. The molecule has 0 spiro atoms. The molecule has 2 N–H and O–H groups in total. The fourth-order valence-corrected chi connectivity index (χ4v) is 0.680. The molecular weight excluding hydrogens is 118 g/mol. The van der Waals surface area contributed by atoms with Crippen LogP contribution in [0.5, 0.6) is 0 Å². The Morgan fingerprint density at radius 2 is 2.33 bits per heavy atom. The number of aliphatic hydroxyl groups is 1. The quantitative estimate of drug-likeness (QED) is 0.543. The maximum atomic E-state index is 10.6. The van der Waals surface area contributed by atoms with E-state index in [1.807, 2.05) is 0 Å². The molecule has 0 aromatic carbocycles. The van der Waals surface area contributed by atoms with E-state index in [4.69, 9.17) is 5.11 Å². The van der Waals surface area contributed by atoms with E-state index in [9.17, 15) is 4.79 Å². The summed E-state index contributed by atoms with van der Waals surface area (Å²) in [5.41, 5.74) is 0. The van der Waals surface area contributed by atoms with Gasteiger partial charge in [-0.05, 0) is 20.4 Å². The number of nitrogens with one attached hydrogen (secondary N) is 1. The van der Waals surface area contributed by atoms with Crippen molar-refractivity contribution >= 4 is 5.78 Å². The number of hydrogen-bond donors (Lipinski definition) is 2. The summed E-state index contributed by atoms with van der Waals surface area (Å²) < 4.78 is 0. The summed E-state index contributed by atoms with van der Waals surface area (Å²) in [6.07, 6.45) is 0.506. The van der Waals surface area contributed by atoms with E-state index in [0.29, 0.717) is 6.42 Å². The smallest absolute Gasteiger partial charge is 0.146 e. The highest BCUT2D eigenvalue weighted by Gasteiger charge is 2.08. The summed E-state index contributed by atoms with van der Waals surface area (Å²) in [7, 11) is 1.71. The Bertz CT molecular complexity index is 93.1. The van der Waals surface area contributed by atoms with Gasteiger partial charge < -0.3 is 10.4 Å². The van der Waals surface area contributed by atoms with E-state index in [1.165, 1.54) is 6.92 Å². The fourth-order valence-electron chi connectivity index (χ4n) is 0.680. The SMILES string of the molecule is CN[C@@H](CCO)C(C)=O. The molecule has 0 heterocycles. The highest BCUT2D eigenvalue weighted by Crippen LogP contribution is 1.89. The van der Waals surface area contributed by atoms with E-state index < -0.39 is 0 Å². The maximum Gasteiger partial charge on any atom is 0.146 e. The van der Waals surface area contributed by atoms with Crippen LogP contribution in [0.3, 0.4) is 0 Å². The standard InChI is InChI=1S/C6H13NO2/c1-5(9)6(7-2)3-4-8/h6-8H,3-4H2,1-2H3/t6-/m0/s1. The van der Waals surface area contributed by atoms with Crippen molar-refractivity contribution in [3.63, 3.8) is 0 Å². The van der Waals surface area contributed by atoms with Crippen molar-refractivity contribution in [2.24, 2.45) is 0 Å². The Morgan fingerprint density at radius 1 is 1.78 bits per heavy atom. The Kier molecular flexibility index (Phi) is 4.26.